The minimum Gasteiger partial charge on any atom is -0.330 e. The molecule has 1 aliphatic rings. The zero-order valence-corrected chi connectivity index (χ0v) is 8.47. The van der Waals surface area contributed by atoms with Crippen molar-refractivity contribution in [1.29, 1.82) is 0 Å². The highest BCUT2D eigenvalue weighted by molar-refractivity contribution is 4.90. The highest BCUT2D eigenvalue weighted by Crippen LogP contribution is 2.40. The van der Waals surface area contributed by atoms with Gasteiger partial charge >= 0.3 is 0 Å². The summed E-state index contributed by atoms with van der Waals surface area (Å²) in [5.41, 5.74) is 6.28. The molecule has 0 aromatic heterocycles. The smallest absolute Gasteiger partial charge is 0.00470 e. The quantitative estimate of drug-likeness (QED) is 0.677. The lowest BCUT2D eigenvalue weighted by atomic mass is 9.68. The minimum atomic E-state index is 0.490. The summed E-state index contributed by atoms with van der Waals surface area (Å²) in [5, 5.41) is 0. The van der Waals surface area contributed by atoms with Crippen molar-refractivity contribution in [2.24, 2.45) is 11.1 Å². The molecule has 2 nitrogen and oxygen atoms in total. The molecule has 0 spiro atoms. The van der Waals surface area contributed by atoms with Crippen LogP contribution < -0.4 is 5.73 Å². The van der Waals surface area contributed by atoms with E-state index in [0.717, 1.165) is 6.54 Å². The maximum absolute atomic E-state index is 5.79. The van der Waals surface area contributed by atoms with E-state index in [0.29, 0.717) is 5.41 Å². The first-order valence-corrected chi connectivity index (χ1v) is 5.11. The number of nitrogens with two attached hydrogens (primary N) is 1. The van der Waals surface area contributed by atoms with Crippen LogP contribution in [0.25, 0.3) is 0 Å². The van der Waals surface area contributed by atoms with Crippen molar-refractivity contribution >= 4 is 0 Å². The van der Waals surface area contributed by atoms with E-state index >= 15 is 0 Å². The molecule has 0 unspecified atom stereocenters. The molecule has 0 aliphatic heterocycles. The average molecular weight is 170 g/mol. The van der Waals surface area contributed by atoms with Gasteiger partial charge in [-0.3, -0.25) is 0 Å². The van der Waals surface area contributed by atoms with Gasteiger partial charge in [0.15, 0.2) is 0 Å². The minimum absolute atomic E-state index is 0.490. The third-order valence-corrected chi connectivity index (χ3v) is 3.06. The molecule has 2 N–H and O–H groups in total. The maximum atomic E-state index is 5.79. The van der Waals surface area contributed by atoms with Gasteiger partial charge in [0.05, 0.1) is 0 Å². The van der Waals surface area contributed by atoms with Crippen LogP contribution in [0.3, 0.4) is 0 Å². The first kappa shape index (κ1) is 10.0. The molecule has 12 heavy (non-hydrogen) atoms. The molecule has 0 amide bonds. The zero-order valence-electron chi connectivity index (χ0n) is 8.47. The molecule has 1 rings (SSSR count). The van der Waals surface area contributed by atoms with Gasteiger partial charge in [-0.15, -0.1) is 0 Å². The van der Waals surface area contributed by atoms with Gasteiger partial charge in [0, 0.05) is 6.54 Å². The fourth-order valence-corrected chi connectivity index (χ4v) is 2.14. The number of rotatable bonds is 5. The van der Waals surface area contributed by atoms with Gasteiger partial charge in [-0.2, -0.15) is 0 Å². The van der Waals surface area contributed by atoms with Gasteiger partial charge in [-0.25, -0.2) is 0 Å². The Morgan fingerprint density at radius 1 is 1.42 bits per heavy atom. The fourth-order valence-electron chi connectivity index (χ4n) is 2.14. The molecule has 0 aromatic carbocycles. The van der Waals surface area contributed by atoms with Gasteiger partial charge in [-0.1, -0.05) is 13.3 Å². The Kier molecular flexibility index (Phi) is 3.53. The van der Waals surface area contributed by atoms with Crippen LogP contribution in [0, 0.1) is 5.41 Å². The third kappa shape index (κ3) is 2.20. The van der Waals surface area contributed by atoms with Gasteiger partial charge in [0.2, 0.25) is 0 Å². The van der Waals surface area contributed by atoms with Crippen molar-refractivity contribution in [1.82, 2.24) is 4.90 Å². The van der Waals surface area contributed by atoms with Crippen LogP contribution in [0.1, 0.15) is 32.6 Å². The van der Waals surface area contributed by atoms with Crippen LogP contribution in [-0.4, -0.2) is 31.6 Å². The summed E-state index contributed by atoms with van der Waals surface area (Å²) >= 11 is 0. The summed E-state index contributed by atoms with van der Waals surface area (Å²) in [7, 11) is 2.21. The van der Waals surface area contributed by atoms with E-state index < -0.39 is 0 Å². The van der Waals surface area contributed by atoms with E-state index in [2.05, 4.69) is 18.9 Å². The highest BCUT2D eigenvalue weighted by atomic mass is 15.1. The lowest BCUT2D eigenvalue weighted by molar-refractivity contribution is 0.0878. The van der Waals surface area contributed by atoms with Crippen molar-refractivity contribution < 1.29 is 0 Å². The molecule has 0 bridgehead atoms. The molecule has 1 aliphatic carbocycles. The van der Waals surface area contributed by atoms with Crippen LogP contribution in [-0.2, 0) is 0 Å². The third-order valence-electron chi connectivity index (χ3n) is 3.06. The van der Waals surface area contributed by atoms with E-state index in [4.69, 9.17) is 5.73 Å². The van der Waals surface area contributed by atoms with E-state index in [1.165, 1.54) is 38.8 Å². The Morgan fingerprint density at radius 3 is 2.42 bits per heavy atom. The second-order valence-electron chi connectivity index (χ2n) is 4.30. The summed E-state index contributed by atoms with van der Waals surface area (Å²) < 4.78 is 0. The Labute approximate surface area is 76.1 Å². The molecule has 0 aromatic rings. The first-order valence-electron chi connectivity index (χ1n) is 5.11. The van der Waals surface area contributed by atoms with Crippen molar-refractivity contribution in [2.45, 2.75) is 32.6 Å². The molecule has 0 heterocycles. The summed E-state index contributed by atoms with van der Waals surface area (Å²) in [6, 6.07) is 0. The maximum Gasteiger partial charge on any atom is 0.00470 e. The Balaban J connectivity index is 2.27. The predicted molar refractivity (Wildman–Crippen MR) is 53.1 cm³/mol. The lowest BCUT2D eigenvalue weighted by Crippen LogP contribution is -2.46. The summed E-state index contributed by atoms with van der Waals surface area (Å²) in [4.78, 5) is 2.42. The van der Waals surface area contributed by atoms with Crippen LogP contribution in [0.15, 0.2) is 0 Å². The SMILES string of the molecule is CCCN(C)CC1(CN)CCC1. The molecule has 0 atom stereocenters. The molecule has 72 valence electrons. The lowest BCUT2D eigenvalue weighted by Gasteiger charge is -2.43. The number of nitrogens with zero attached hydrogens (tertiary/aromatic N) is 1. The van der Waals surface area contributed by atoms with E-state index in [9.17, 15) is 0 Å². The van der Waals surface area contributed by atoms with E-state index in [1.807, 2.05) is 0 Å². The van der Waals surface area contributed by atoms with Crippen LogP contribution in [0.2, 0.25) is 0 Å². The summed E-state index contributed by atoms with van der Waals surface area (Å²) in [6.45, 7) is 5.52. The van der Waals surface area contributed by atoms with Gasteiger partial charge in [-0.05, 0) is 44.8 Å². The zero-order chi connectivity index (χ0) is 9.03. The first-order chi connectivity index (χ1) is 5.72. The predicted octanol–water partition coefficient (Wildman–Crippen LogP) is 1.46. The van der Waals surface area contributed by atoms with Crippen LogP contribution in [0.5, 0.6) is 0 Å². The second kappa shape index (κ2) is 4.24. The Hall–Kier alpha value is -0.0800. The van der Waals surface area contributed by atoms with Gasteiger partial charge in [0.25, 0.3) is 0 Å². The van der Waals surface area contributed by atoms with Crippen molar-refractivity contribution in [3.05, 3.63) is 0 Å². The second-order valence-corrected chi connectivity index (χ2v) is 4.30. The standard InChI is InChI=1S/C10H22N2/c1-3-7-12(2)9-10(8-11)5-4-6-10/h3-9,11H2,1-2H3. The molecule has 1 saturated carbocycles. The molecule has 2 heteroatoms. The van der Waals surface area contributed by atoms with Gasteiger partial charge < -0.3 is 10.6 Å². The van der Waals surface area contributed by atoms with E-state index in [1.54, 1.807) is 0 Å². The van der Waals surface area contributed by atoms with E-state index in [-0.39, 0.29) is 0 Å². The Bertz CT molecular complexity index is 124. The topological polar surface area (TPSA) is 29.3 Å². The number of hydrogen-bond acceptors (Lipinski definition) is 2. The summed E-state index contributed by atoms with van der Waals surface area (Å²) in [6.07, 6.45) is 5.32. The summed E-state index contributed by atoms with van der Waals surface area (Å²) in [5.74, 6) is 0. The van der Waals surface area contributed by atoms with Crippen molar-refractivity contribution in [2.75, 3.05) is 26.7 Å². The molecule has 0 radical (unpaired) electrons. The monoisotopic (exact) mass is 170 g/mol. The Morgan fingerprint density at radius 2 is 2.08 bits per heavy atom. The number of hydrogen-bond donors (Lipinski definition) is 1. The molecular formula is C10H22N2. The normalized spacial score (nSPS) is 21.0. The highest BCUT2D eigenvalue weighted by Gasteiger charge is 2.36. The average Bonchev–Trinajstić information content (AvgIpc) is 1.97. The fraction of sp³-hybridized carbons (Fsp3) is 1.00. The van der Waals surface area contributed by atoms with Crippen LogP contribution >= 0.6 is 0 Å². The van der Waals surface area contributed by atoms with Crippen molar-refractivity contribution in [3.8, 4) is 0 Å². The van der Waals surface area contributed by atoms with Gasteiger partial charge in [0.1, 0.15) is 0 Å². The molecular weight excluding hydrogens is 148 g/mol. The van der Waals surface area contributed by atoms with Crippen LogP contribution in [0.4, 0.5) is 0 Å². The molecule has 1 fully saturated rings. The molecule has 0 saturated heterocycles. The largest absolute Gasteiger partial charge is 0.330 e. The van der Waals surface area contributed by atoms with Crippen molar-refractivity contribution in [3.63, 3.8) is 0 Å².